The normalized spacial score (nSPS) is 14.3. The molecule has 0 atom stereocenters. The largest absolute Gasteiger partial charge is 0.349 e. The van der Waals surface area contributed by atoms with E-state index in [-0.39, 0.29) is 28.8 Å². The molecule has 2 N–H and O–H groups in total. The maximum Gasteiger partial charge on any atom is 0.251 e. The summed E-state index contributed by atoms with van der Waals surface area (Å²) in [5.74, 6) is -1.13. The van der Waals surface area contributed by atoms with Gasteiger partial charge >= 0.3 is 0 Å². The molecule has 1 saturated carbocycles. The van der Waals surface area contributed by atoms with E-state index < -0.39 is 5.82 Å². The number of amides is 1. The van der Waals surface area contributed by atoms with E-state index in [1.807, 2.05) is 0 Å². The second-order valence-electron chi connectivity index (χ2n) is 6.12. The van der Waals surface area contributed by atoms with E-state index in [4.69, 9.17) is 0 Å². The number of nitrogens with one attached hydrogen (secondary N) is 2. The number of rotatable bonds is 4. The molecule has 4 nitrogen and oxygen atoms in total. The maximum atomic E-state index is 14.3. The molecule has 0 spiro atoms. The van der Waals surface area contributed by atoms with Gasteiger partial charge in [-0.1, -0.05) is 18.2 Å². The fourth-order valence-electron chi connectivity index (χ4n) is 2.60. The number of hydrogen-bond acceptors (Lipinski definition) is 2. The molecule has 1 heterocycles. The molecule has 6 heteroatoms. The second kappa shape index (κ2) is 6.12. The van der Waals surface area contributed by atoms with E-state index in [2.05, 4.69) is 15.5 Å². The standard InChI is InChI=1S/C19H15F2N3O/c20-13-4-1-11(2-5-13)3-8-17-15-9-12(19(25)22-14-6-7-14)10-16(21)18(15)24-23-17/h1-5,8-10,14H,6-7H2,(H,22,25)(H,23,24)/b8-3+. The molecule has 0 unspecified atom stereocenters. The third-order valence-electron chi connectivity index (χ3n) is 4.13. The summed E-state index contributed by atoms with van der Waals surface area (Å²) in [4.78, 5) is 12.2. The summed E-state index contributed by atoms with van der Waals surface area (Å²) in [6.45, 7) is 0. The number of nitrogens with zero attached hydrogens (tertiary/aromatic N) is 1. The van der Waals surface area contributed by atoms with E-state index >= 15 is 0 Å². The van der Waals surface area contributed by atoms with E-state index in [0.717, 1.165) is 18.4 Å². The van der Waals surface area contributed by atoms with Crippen LogP contribution in [0.25, 0.3) is 23.1 Å². The van der Waals surface area contributed by atoms with Gasteiger partial charge in [-0.05, 0) is 48.7 Å². The lowest BCUT2D eigenvalue weighted by Crippen LogP contribution is -2.25. The maximum absolute atomic E-state index is 14.3. The number of hydrogen-bond donors (Lipinski definition) is 2. The van der Waals surface area contributed by atoms with Crippen LogP contribution in [-0.4, -0.2) is 22.1 Å². The van der Waals surface area contributed by atoms with Crippen molar-refractivity contribution in [3.63, 3.8) is 0 Å². The van der Waals surface area contributed by atoms with E-state index in [9.17, 15) is 13.6 Å². The Balaban J connectivity index is 1.67. The first-order valence-corrected chi connectivity index (χ1v) is 8.02. The van der Waals surface area contributed by atoms with Gasteiger partial charge in [0.15, 0.2) is 5.82 Å². The Labute approximate surface area is 142 Å². The molecular weight excluding hydrogens is 324 g/mol. The number of carbonyl (C=O) groups is 1. The molecule has 0 radical (unpaired) electrons. The van der Waals surface area contributed by atoms with Crippen molar-refractivity contribution in [2.75, 3.05) is 0 Å². The average Bonchev–Trinajstić information content (AvgIpc) is 3.31. The third kappa shape index (κ3) is 3.28. The summed E-state index contributed by atoms with van der Waals surface area (Å²) in [7, 11) is 0. The molecule has 3 aromatic rings. The molecular formula is C19H15F2N3O. The van der Waals surface area contributed by atoms with Crippen LogP contribution in [0.15, 0.2) is 36.4 Å². The molecule has 126 valence electrons. The van der Waals surface area contributed by atoms with Gasteiger partial charge in [0.05, 0.1) is 5.69 Å². The number of aromatic amines is 1. The molecule has 1 aliphatic carbocycles. The molecule has 0 saturated heterocycles. The van der Waals surface area contributed by atoms with Crippen molar-refractivity contribution in [3.8, 4) is 0 Å². The summed E-state index contributed by atoms with van der Waals surface area (Å²) in [5.41, 5.74) is 1.84. The highest BCUT2D eigenvalue weighted by Gasteiger charge is 2.24. The SMILES string of the molecule is O=C(NC1CC1)c1cc(F)c2n[nH]c(/C=C/c3ccc(F)cc3)c2c1. The highest BCUT2D eigenvalue weighted by atomic mass is 19.1. The van der Waals surface area contributed by atoms with Crippen LogP contribution >= 0.6 is 0 Å². The Kier molecular flexibility index (Phi) is 3.80. The summed E-state index contributed by atoms with van der Waals surface area (Å²) in [6, 6.07) is 9.04. The van der Waals surface area contributed by atoms with E-state index in [1.54, 1.807) is 30.4 Å². The predicted molar refractivity (Wildman–Crippen MR) is 91.9 cm³/mol. The van der Waals surface area contributed by atoms with Crippen molar-refractivity contribution in [1.29, 1.82) is 0 Å². The zero-order chi connectivity index (χ0) is 17.4. The van der Waals surface area contributed by atoms with Crippen molar-refractivity contribution in [2.24, 2.45) is 0 Å². The minimum Gasteiger partial charge on any atom is -0.349 e. The molecule has 25 heavy (non-hydrogen) atoms. The average molecular weight is 339 g/mol. The van der Waals surface area contributed by atoms with Gasteiger partial charge in [-0.25, -0.2) is 8.78 Å². The van der Waals surface area contributed by atoms with Crippen LogP contribution in [-0.2, 0) is 0 Å². The molecule has 0 aliphatic heterocycles. The number of halogens is 2. The molecule has 2 aromatic carbocycles. The summed E-state index contributed by atoms with van der Waals surface area (Å²) >= 11 is 0. The minimum absolute atomic E-state index is 0.182. The van der Waals surface area contributed by atoms with Crippen molar-refractivity contribution < 1.29 is 13.6 Å². The predicted octanol–water partition coefficient (Wildman–Crippen LogP) is 3.90. The van der Waals surface area contributed by atoms with Gasteiger partial charge in [0.25, 0.3) is 5.91 Å². The molecule has 4 rings (SSSR count). The number of aromatic nitrogens is 2. The highest BCUT2D eigenvalue weighted by molar-refractivity contribution is 6.00. The zero-order valence-electron chi connectivity index (χ0n) is 13.2. The first kappa shape index (κ1) is 15.5. The molecule has 0 bridgehead atoms. The number of fused-ring (bicyclic) bond motifs is 1. The zero-order valence-corrected chi connectivity index (χ0v) is 13.2. The smallest absolute Gasteiger partial charge is 0.251 e. The fourth-order valence-corrected chi connectivity index (χ4v) is 2.60. The van der Waals surface area contributed by atoms with Gasteiger partial charge in [0.2, 0.25) is 0 Å². The molecule has 1 amide bonds. The Hall–Kier alpha value is -3.02. The lowest BCUT2D eigenvalue weighted by molar-refractivity contribution is 0.0951. The van der Waals surface area contributed by atoms with E-state index in [0.29, 0.717) is 11.1 Å². The first-order valence-electron chi connectivity index (χ1n) is 8.02. The van der Waals surface area contributed by atoms with Gasteiger partial charge in [0.1, 0.15) is 11.3 Å². The monoisotopic (exact) mass is 339 g/mol. The molecule has 1 aromatic heterocycles. The van der Waals surface area contributed by atoms with Crippen LogP contribution in [0, 0.1) is 11.6 Å². The minimum atomic E-state index is -0.545. The van der Waals surface area contributed by atoms with Crippen LogP contribution in [0.4, 0.5) is 8.78 Å². The third-order valence-corrected chi connectivity index (χ3v) is 4.13. The second-order valence-corrected chi connectivity index (χ2v) is 6.12. The van der Waals surface area contributed by atoms with Gasteiger partial charge < -0.3 is 5.32 Å². The van der Waals surface area contributed by atoms with Gasteiger partial charge in [-0.2, -0.15) is 5.10 Å². The number of benzene rings is 2. The highest BCUT2D eigenvalue weighted by Crippen LogP contribution is 2.24. The number of H-pyrrole nitrogens is 1. The van der Waals surface area contributed by atoms with Crippen LogP contribution in [0.3, 0.4) is 0 Å². The summed E-state index contributed by atoms with van der Waals surface area (Å²) in [6.07, 6.45) is 5.42. The Morgan fingerprint density at radius 2 is 1.92 bits per heavy atom. The van der Waals surface area contributed by atoms with Crippen LogP contribution in [0.2, 0.25) is 0 Å². The van der Waals surface area contributed by atoms with Gasteiger partial charge in [0, 0.05) is 17.0 Å². The van der Waals surface area contributed by atoms with Crippen LogP contribution in [0.1, 0.15) is 34.5 Å². The summed E-state index contributed by atoms with van der Waals surface area (Å²) < 4.78 is 27.2. The topological polar surface area (TPSA) is 57.8 Å². The molecule has 1 aliphatic rings. The van der Waals surface area contributed by atoms with Crippen molar-refractivity contribution in [3.05, 3.63) is 64.9 Å². The lowest BCUT2D eigenvalue weighted by Gasteiger charge is -2.04. The first-order chi connectivity index (χ1) is 12.1. The van der Waals surface area contributed by atoms with Crippen LogP contribution < -0.4 is 5.32 Å². The quantitative estimate of drug-likeness (QED) is 0.757. The van der Waals surface area contributed by atoms with Crippen molar-refractivity contribution in [2.45, 2.75) is 18.9 Å². The summed E-state index contributed by atoms with van der Waals surface area (Å²) in [5, 5.41) is 10.1. The molecule has 1 fully saturated rings. The fraction of sp³-hybridized carbons (Fsp3) is 0.158. The van der Waals surface area contributed by atoms with Crippen molar-refractivity contribution >= 4 is 29.0 Å². The number of carbonyl (C=O) groups excluding carboxylic acids is 1. The van der Waals surface area contributed by atoms with Gasteiger partial charge in [-0.15, -0.1) is 0 Å². The Morgan fingerprint density at radius 3 is 2.64 bits per heavy atom. The van der Waals surface area contributed by atoms with E-state index in [1.165, 1.54) is 18.2 Å². The lowest BCUT2D eigenvalue weighted by atomic mass is 10.1. The van der Waals surface area contributed by atoms with Crippen molar-refractivity contribution in [1.82, 2.24) is 15.5 Å². The Morgan fingerprint density at radius 1 is 1.16 bits per heavy atom. The van der Waals surface area contributed by atoms with Gasteiger partial charge in [-0.3, -0.25) is 9.89 Å². The Bertz CT molecular complexity index is 972. The van der Waals surface area contributed by atoms with Crippen LogP contribution in [0.5, 0.6) is 0 Å².